The Labute approximate surface area is 153 Å². The fourth-order valence-electron chi connectivity index (χ4n) is 2.80. The molecule has 9 heteroatoms. The maximum Gasteiger partial charge on any atom is 0.326 e. The van der Waals surface area contributed by atoms with Crippen LogP contribution in [0.2, 0.25) is 0 Å². The molecule has 1 heterocycles. The smallest absolute Gasteiger partial charge is 0.326 e. The first-order valence-corrected chi connectivity index (χ1v) is 8.92. The average Bonchev–Trinajstić information content (AvgIpc) is 3.05. The zero-order chi connectivity index (χ0) is 20.0. The summed E-state index contributed by atoms with van der Waals surface area (Å²) in [4.78, 5) is 49.3. The fourth-order valence-corrected chi connectivity index (χ4v) is 2.80. The summed E-state index contributed by atoms with van der Waals surface area (Å²) in [6.45, 7) is 7.15. The Balaban J connectivity index is 2.60. The summed E-state index contributed by atoms with van der Waals surface area (Å²) in [5.74, 6) is -2.75. The number of nitrogens with two attached hydrogens (primary N) is 1. The number of carbonyl (C=O) groups excluding carboxylic acids is 3. The van der Waals surface area contributed by atoms with Crippen molar-refractivity contribution in [3.63, 3.8) is 0 Å². The van der Waals surface area contributed by atoms with Crippen LogP contribution in [0, 0.1) is 11.8 Å². The van der Waals surface area contributed by atoms with E-state index < -0.39 is 35.9 Å². The lowest BCUT2D eigenvalue weighted by atomic mass is 10.0. The van der Waals surface area contributed by atoms with Crippen molar-refractivity contribution in [1.29, 1.82) is 0 Å². The molecule has 1 rings (SSSR count). The van der Waals surface area contributed by atoms with E-state index in [9.17, 15) is 19.2 Å². The van der Waals surface area contributed by atoms with Crippen LogP contribution in [-0.2, 0) is 19.2 Å². The number of hydrogen-bond acceptors (Lipinski definition) is 5. The summed E-state index contributed by atoms with van der Waals surface area (Å²) in [7, 11) is 0. The summed E-state index contributed by atoms with van der Waals surface area (Å²) >= 11 is 0. The third-order valence-corrected chi connectivity index (χ3v) is 4.51. The first-order chi connectivity index (χ1) is 12.1. The van der Waals surface area contributed by atoms with Gasteiger partial charge in [-0.15, -0.1) is 0 Å². The lowest BCUT2D eigenvalue weighted by molar-refractivity contribution is -0.143. The van der Waals surface area contributed by atoms with Crippen LogP contribution >= 0.6 is 0 Å². The Morgan fingerprint density at radius 1 is 1.15 bits per heavy atom. The Hall–Kier alpha value is -2.16. The molecule has 3 atom stereocenters. The first kappa shape index (κ1) is 21.9. The van der Waals surface area contributed by atoms with E-state index in [1.54, 1.807) is 13.8 Å². The topological polar surface area (TPSA) is 142 Å². The summed E-state index contributed by atoms with van der Waals surface area (Å²) in [6, 6.07) is -2.34. The number of nitrogens with zero attached hydrogens (tertiary/aromatic N) is 1. The second kappa shape index (κ2) is 9.51. The van der Waals surface area contributed by atoms with Gasteiger partial charge in [0, 0.05) is 6.54 Å². The number of aliphatic carboxylic acids is 1. The van der Waals surface area contributed by atoms with Crippen LogP contribution < -0.4 is 16.4 Å². The Morgan fingerprint density at radius 2 is 1.77 bits per heavy atom. The predicted octanol–water partition coefficient (Wildman–Crippen LogP) is -0.698. The largest absolute Gasteiger partial charge is 0.480 e. The Morgan fingerprint density at radius 3 is 2.27 bits per heavy atom. The van der Waals surface area contributed by atoms with Gasteiger partial charge in [-0.05, 0) is 24.7 Å². The second-order valence-corrected chi connectivity index (χ2v) is 7.30. The molecule has 1 aliphatic rings. The molecule has 0 aromatic rings. The van der Waals surface area contributed by atoms with Gasteiger partial charge >= 0.3 is 5.97 Å². The molecule has 26 heavy (non-hydrogen) atoms. The maximum atomic E-state index is 12.4. The van der Waals surface area contributed by atoms with Crippen molar-refractivity contribution in [2.75, 3.05) is 13.1 Å². The van der Waals surface area contributed by atoms with Crippen molar-refractivity contribution in [3.05, 3.63) is 0 Å². The van der Waals surface area contributed by atoms with Gasteiger partial charge < -0.3 is 26.4 Å². The molecule has 1 saturated heterocycles. The van der Waals surface area contributed by atoms with Gasteiger partial charge in [-0.3, -0.25) is 14.4 Å². The van der Waals surface area contributed by atoms with E-state index in [0.29, 0.717) is 19.4 Å². The van der Waals surface area contributed by atoms with Gasteiger partial charge in [0.15, 0.2) is 0 Å². The fraction of sp³-hybridized carbons (Fsp3) is 0.765. The number of carboxylic acid groups (broad SMARTS) is 1. The van der Waals surface area contributed by atoms with E-state index in [2.05, 4.69) is 10.6 Å². The monoisotopic (exact) mass is 370 g/mol. The number of likely N-dealkylation sites (tertiary alicyclic amines) is 1. The van der Waals surface area contributed by atoms with E-state index in [4.69, 9.17) is 10.8 Å². The van der Waals surface area contributed by atoms with Crippen molar-refractivity contribution in [1.82, 2.24) is 15.5 Å². The van der Waals surface area contributed by atoms with Crippen molar-refractivity contribution >= 4 is 23.7 Å². The normalized spacial score (nSPS) is 19.3. The number of amides is 3. The van der Waals surface area contributed by atoms with E-state index >= 15 is 0 Å². The Bertz CT molecular complexity index is 549. The van der Waals surface area contributed by atoms with Crippen molar-refractivity contribution in [2.45, 2.75) is 58.7 Å². The van der Waals surface area contributed by atoms with Crippen molar-refractivity contribution in [3.8, 4) is 0 Å². The van der Waals surface area contributed by atoms with Gasteiger partial charge in [0.1, 0.15) is 12.1 Å². The highest BCUT2D eigenvalue weighted by atomic mass is 16.4. The summed E-state index contributed by atoms with van der Waals surface area (Å²) < 4.78 is 0. The number of hydrogen-bond donors (Lipinski definition) is 4. The standard InChI is InChI=1S/C17H30N4O5/c1-9(2)13(18)16(24)21-7-5-6-11(21)15(23)19-8-12(22)20-14(10(3)4)17(25)26/h9-11,13-14H,5-8,18H2,1-4H3,(H,19,23)(H,20,22)(H,25,26)/t11-,13-,14-/m0/s1. The van der Waals surface area contributed by atoms with Gasteiger partial charge in [0.25, 0.3) is 0 Å². The molecule has 0 unspecified atom stereocenters. The number of rotatable bonds is 8. The van der Waals surface area contributed by atoms with Crippen molar-refractivity contribution in [2.24, 2.45) is 17.6 Å². The predicted molar refractivity (Wildman–Crippen MR) is 95.0 cm³/mol. The molecule has 0 saturated carbocycles. The van der Waals surface area contributed by atoms with Crippen LogP contribution in [-0.4, -0.2) is 64.9 Å². The quantitative estimate of drug-likeness (QED) is 0.445. The molecule has 0 radical (unpaired) electrons. The lowest BCUT2D eigenvalue weighted by Crippen LogP contribution is -2.54. The maximum absolute atomic E-state index is 12.4. The molecular formula is C17H30N4O5. The molecule has 0 spiro atoms. The van der Waals surface area contributed by atoms with Gasteiger partial charge in [0.05, 0.1) is 12.6 Å². The van der Waals surface area contributed by atoms with Crippen LogP contribution in [0.1, 0.15) is 40.5 Å². The minimum absolute atomic E-state index is 0.0402. The third kappa shape index (κ3) is 5.69. The SMILES string of the molecule is CC(C)[C@H](N)C(=O)N1CCC[C@H]1C(=O)NCC(=O)N[C@H](C(=O)O)C(C)C. The highest BCUT2D eigenvalue weighted by molar-refractivity contribution is 5.93. The van der Waals surface area contributed by atoms with E-state index in [0.717, 1.165) is 0 Å². The number of carbonyl (C=O) groups is 4. The van der Waals surface area contributed by atoms with E-state index in [1.807, 2.05) is 13.8 Å². The third-order valence-electron chi connectivity index (χ3n) is 4.51. The second-order valence-electron chi connectivity index (χ2n) is 7.30. The van der Waals surface area contributed by atoms with Gasteiger partial charge in [-0.2, -0.15) is 0 Å². The zero-order valence-electron chi connectivity index (χ0n) is 15.8. The lowest BCUT2D eigenvalue weighted by Gasteiger charge is -2.28. The highest BCUT2D eigenvalue weighted by Gasteiger charge is 2.37. The minimum atomic E-state index is -1.13. The molecule has 1 aliphatic heterocycles. The van der Waals surface area contributed by atoms with Gasteiger partial charge in [0.2, 0.25) is 17.7 Å². The molecule has 0 bridgehead atoms. The Kier molecular flexibility index (Phi) is 8.01. The number of nitrogens with one attached hydrogen (secondary N) is 2. The minimum Gasteiger partial charge on any atom is -0.480 e. The summed E-state index contributed by atoms with van der Waals surface area (Å²) in [5.41, 5.74) is 5.89. The zero-order valence-corrected chi connectivity index (χ0v) is 15.8. The molecule has 9 nitrogen and oxygen atoms in total. The molecule has 3 amide bonds. The molecular weight excluding hydrogens is 340 g/mol. The molecule has 0 aromatic carbocycles. The van der Waals surface area contributed by atoms with Gasteiger partial charge in [-0.25, -0.2) is 4.79 Å². The van der Waals surface area contributed by atoms with Crippen LogP contribution in [0.25, 0.3) is 0 Å². The van der Waals surface area contributed by atoms with E-state index in [-0.39, 0.29) is 24.3 Å². The first-order valence-electron chi connectivity index (χ1n) is 8.92. The molecule has 0 aromatic heterocycles. The highest BCUT2D eigenvalue weighted by Crippen LogP contribution is 2.19. The molecule has 0 aliphatic carbocycles. The molecule has 5 N–H and O–H groups in total. The van der Waals surface area contributed by atoms with Gasteiger partial charge in [-0.1, -0.05) is 27.7 Å². The molecule has 1 fully saturated rings. The van der Waals surface area contributed by atoms with E-state index in [1.165, 1.54) is 4.90 Å². The van der Waals surface area contributed by atoms with Crippen LogP contribution in [0.3, 0.4) is 0 Å². The summed E-state index contributed by atoms with van der Waals surface area (Å²) in [6.07, 6.45) is 1.20. The number of carboxylic acids is 1. The summed E-state index contributed by atoms with van der Waals surface area (Å²) in [5, 5.41) is 13.9. The van der Waals surface area contributed by atoms with Crippen LogP contribution in [0.4, 0.5) is 0 Å². The molecule has 148 valence electrons. The van der Waals surface area contributed by atoms with Crippen LogP contribution in [0.15, 0.2) is 0 Å². The van der Waals surface area contributed by atoms with Crippen LogP contribution in [0.5, 0.6) is 0 Å². The average molecular weight is 370 g/mol. The van der Waals surface area contributed by atoms with Crippen molar-refractivity contribution < 1.29 is 24.3 Å².